The predicted octanol–water partition coefficient (Wildman–Crippen LogP) is 10.8. The first-order valence-electron chi connectivity index (χ1n) is 19.5. The number of nitrogens with zero attached hydrogens (tertiary/aromatic N) is 1. The maximum absolute atomic E-state index is 9.86. The largest absolute Gasteiger partial charge is 0.497 e. The molecule has 0 N–H and O–H groups in total. The lowest BCUT2D eigenvalue weighted by Gasteiger charge is -2.38. The highest BCUT2D eigenvalue weighted by Crippen LogP contribution is 2.59. The van der Waals surface area contributed by atoms with Crippen LogP contribution in [0.4, 0.5) is 0 Å². The van der Waals surface area contributed by atoms with Crippen LogP contribution in [0.3, 0.4) is 0 Å². The third kappa shape index (κ3) is 7.43. The molecule has 0 saturated heterocycles. The molecule has 0 bridgehead atoms. The molecule has 0 aromatic heterocycles. The van der Waals surface area contributed by atoms with Gasteiger partial charge in [-0.3, -0.25) is 0 Å². The van der Waals surface area contributed by atoms with Crippen molar-refractivity contribution in [2.24, 2.45) is 0 Å². The van der Waals surface area contributed by atoms with E-state index in [0.29, 0.717) is 36.9 Å². The van der Waals surface area contributed by atoms with Gasteiger partial charge in [-0.1, -0.05) is 50.3 Å². The van der Waals surface area contributed by atoms with Gasteiger partial charge in [0.15, 0.2) is 17.1 Å². The number of fused-ring (bicyclic) bond motifs is 8. The fourth-order valence-electron chi connectivity index (χ4n) is 8.15. The highest BCUT2D eigenvalue weighted by molar-refractivity contribution is 6.09. The minimum Gasteiger partial charge on any atom is -0.497 e. The van der Waals surface area contributed by atoms with Crippen LogP contribution in [-0.2, 0) is 20.5 Å². The first-order chi connectivity index (χ1) is 27.1. The Morgan fingerprint density at radius 2 is 1.33 bits per heavy atom. The third-order valence-electron chi connectivity index (χ3n) is 11.2. The fraction of sp³-hybridized carbons (Fsp3) is 0.367. The molecule has 2 aliphatic rings. The predicted molar refractivity (Wildman–Crippen MR) is 225 cm³/mol. The number of hydrogen-bond donors (Lipinski definition) is 0. The molecule has 57 heavy (non-hydrogen) atoms. The number of nitriles is 1. The molecule has 1 unspecified atom stereocenters. The van der Waals surface area contributed by atoms with Crippen molar-refractivity contribution in [1.82, 2.24) is 0 Å². The van der Waals surface area contributed by atoms with Crippen LogP contribution in [0.1, 0.15) is 88.3 Å². The average Bonchev–Trinajstić information content (AvgIpc) is 3.44. The van der Waals surface area contributed by atoms with E-state index >= 15 is 0 Å². The lowest BCUT2D eigenvalue weighted by molar-refractivity contribution is -0.0716. The van der Waals surface area contributed by atoms with E-state index < -0.39 is 11.0 Å². The van der Waals surface area contributed by atoms with Gasteiger partial charge in [-0.15, -0.1) is 0 Å². The summed E-state index contributed by atoms with van der Waals surface area (Å²) in [5.74, 6) is 3.44. The number of methoxy groups -OCH3 is 3. The summed E-state index contributed by atoms with van der Waals surface area (Å²) in [6.07, 6.45) is 5.14. The molecule has 1 aliphatic carbocycles. The molecule has 8 nitrogen and oxygen atoms in total. The summed E-state index contributed by atoms with van der Waals surface area (Å²) in [5.41, 5.74) is 5.94. The zero-order chi connectivity index (χ0) is 40.8. The maximum Gasteiger partial charge on any atom is 0.178 e. The Morgan fingerprint density at radius 1 is 0.702 bits per heavy atom. The summed E-state index contributed by atoms with van der Waals surface area (Å²) in [4.78, 5) is 0. The van der Waals surface area contributed by atoms with Gasteiger partial charge in [0.1, 0.15) is 23.9 Å². The van der Waals surface area contributed by atoms with Crippen LogP contribution in [0.5, 0.6) is 28.7 Å². The van der Waals surface area contributed by atoms with Crippen LogP contribution in [0.15, 0.2) is 84.9 Å². The topological polar surface area (TPSA) is 88.4 Å². The van der Waals surface area contributed by atoms with E-state index in [1.54, 1.807) is 21.3 Å². The second kappa shape index (κ2) is 15.1. The van der Waals surface area contributed by atoms with Crippen molar-refractivity contribution in [3.05, 3.63) is 118 Å². The Kier molecular flexibility index (Phi) is 10.5. The highest BCUT2D eigenvalue weighted by Gasteiger charge is 2.44. The van der Waals surface area contributed by atoms with Gasteiger partial charge >= 0.3 is 0 Å². The Hall–Kier alpha value is -5.49. The van der Waals surface area contributed by atoms with Crippen molar-refractivity contribution in [2.75, 3.05) is 41.2 Å². The second-order valence-corrected chi connectivity index (χ2v) is 16.8. The Bertz CT molecular complexity index is 2360. The quantitative estimate of drug-likeness (QED) is 0.109. The number of benzene rings is 5. The molecular formula is C49H53NO7. The molecular weight excluding hydrogens is 715 g/mol. The monoisotopic (exact) mass is 767 g/mol. The van der Waals surface area contributed by atoms with Crippen LogP contribution in [0.25, 0.3) is 28.0 Å². The molecule has 0 radical (unpaired) electrons. The SMILES string of the molecule is COc1ccc(C2(c3ccc(OCCOC(C)(C)CCOC(C)(C)C)cc3)C=Cc3c4c(c5cc(OC)c(OC)cc5c3O2)-c2ccc(C#N)cc2C4(C)C)cc1. The lowest BCUT2D eigenvalue weighted by Crippen LogP contribution is -2.35. The molecule has 8 heteroatoms. The van der Waals surface area contributed by atoms with Crippen molar-refractivity contribution >= 4 is 16.8 Å². The molecule has 7 rings (SSSR count). The minimum atomic E-state index is -1.02. The van der Waals surface area contributed by atoms with Gasteiger partial charge in [0.2, 0.25) is 0 Å². The molecule has 1 aliphatic heterocycles. The van der Waals surface area contributed by atoms with Crippen molar-refractivity contribution in [2.45, 2.75) is 77.1 Å². The molecule has 1 heterocycles. The van der Waals surface area contributed by atoms with Gasteiger partial charge in [0, 0.05) is 34.1 Å². The lowest BCUT2D eigenvalue weighted by atomic mass is 9.76. The third-order valence-corrected chi connectivity index (χ3v) is 11.2. The molecule has 0 fully saturated rings. The van der Waals surface area contributed by atoms with Crippen LogP contribution in [-0.4, -0.2) is 52.4 Å². The Balaban J connectivity index is 1.28. The van der Waals surface area contributed by atoms with E-state index in [-0.39, 0.29) is 11.2 Å². The molecule has 5 aromatic carbocycles. The van der Waals surface area contributed by atoms with Gasteiger partial charge in [0.05, 0.1) is 50.8 Å². The van der Waals surface area contributed by atoms with E-state index in [1.807, 2.05) is 60.7 Å². The standard InChI is InChI=1S/C49H53NO7/c1-46(2,3)55-24-23-47(4,5)56-26-25-54-35-18-14-33(15-19-35)49(32-12-16-34(51-8)17-13-32)22-21-37-44-43(36-20-11-31(30-50)27-40(36)48(44,6)7)38-28-41(52-9)42(53-10)29-39(38)45(37)57-49/h11-22,27-29H,23-26H2,1-10H3. The van der Waals surface area contributed by atoms with Crippen molar-refractivity contribution in [1.29, 1.82) is 5.26 Å². The minimum absolute atomic E-state index is 0.178. The van der Waals surface area contributed by atoms with Crippen molar-refractivity contribution in [3.63, 3.8) is 0 Å². The molecule has 0 spiro atoms. The van der Waals surface area contributed by atoms with E-state index in [2.05, 4.69) is 84.9 Å². The van der Waals surface area contributed by atoms with Crippen LogP contribution in [0, 0.1) is 11.3 Å². The highest BCUT2D eigenvalue weighted by atomic mass is 16.5. The Morgan fingerprint density at radius 3 is 1.93 bits per heavy atom. The second-order valence-electron chi connectivity index (χ2n) is 16.8. The smallest absolute Gasteiger partial charge is 0.178 e. The van der Waals surface area contributed by atoms with Crippen LogP contribution >= 0.6 is 0 Å². The first-order valence-corrected chi connectivity index (χ1v) is 19.5. The van der Waals surface area contributed by atoms with Gasteiger partial charge < -0.3 is 33.2 Å². The number of hydrogen-bond acceptors (Lipinski definition) is 8. The zero-order valence-electron chi connectivity index (χ0n) is 34.8. The molecule has 0 amide bonds. The molecule has 1 atom stereocenters. The summed E-state index contributed by atoms with van der Waals surface area (Å²) in [7, 11) is 4.96. The number of ether oxygens (including phenoxy) is 7. The van der Waals surface area contributed by atoms with E-state index in [1.165, 1.54) is 0 Å². The van der Waals surface area contributed by atoms with E-state index in [9.17, 15) is 5.26 Å². The zero-order valence-corrected chi connectivity index (χ0v) is 34.8. The Labute approximate surface area is 336 Å². The average molecular weight is 768 g/mol. The van der Waals surface area contributed by atoms with Crippen LogP contribution < -0.4 is 23.7 Å². The van der Waals surface area contributed by atoms with Crippen molar-refractivity contribution < 1.29 is 33.2 Å². The van der Waals surface area contributed by atoms with E-state index in [0.717, 1.165) is 73.4 Å². The maximum atomic E-state index is 9.86. The summed E-state index contributed by atoms with van der Waals surface area (Å²) < 4.78 is 43.0. The van der Waals surface area contributed by atoms with Gasteiger partial charge in [-0.25, -0.2) is 0 Å². The normalized spacial score (nSPS) is 16.6. The van der Waals surface area contributed by atoms with Gasteiger partial charge in [0.25, 0.3) is 0 Å². The number of rotatable bonds is 13. The van der Waals surface area contributed by atoms with Crippen molar-refractivity contribution in [3.8, 4) is 45.9 Å². The van der Waals surface area contributed by atoms with Crippen LogP contribution in [0.2, 0.25) is 0 Å². The molecule has 296 valence electrons. The van der Waals surface area contributed by atoms with Gasteiger partial charge in [-0.2, -0.15) is 5.26 Å². The molecule has 5 aromatic rings. The summed E-state index contributed by atoms with van der Waals surface area (Å²) in [5, 5.41) is 11.7. The summed E-state index contributed by atoms with van der Waals surface area (Å²) >= 11 is 0. The molecule has 0 saturated carbocycles. The first kappa shape index (κ1) is 39.7. The summed E-state index contributed by atoms with van der Waals surface area (Å²) in [6.45, 7) is 16.3. The summed E-state index contributed by atoms with van der Waals surface area (Å²) in [6, 6.07) is 28.5. The van der Waals surface area contributed by atoms with E-state index in [4.69, 9.17) is 33.2 Å². The van der Waals surface area contributed by atoms with Gasteiger partial charge in [-0.05, 0) is 123 Å². The fourth-order valence-corrected chi connectivity index (χ4v) is 8.15.